The van der Waals surface area contributed by atoms with Gasteiger partial charge in [0.2, 0.25) is 0 Å². The van der Waals surface area contributed by atoms with Gasteiger partial charge in [-0.2, -0.15) is 5.10 Å². The molecule has 0 bridgehead atoms. The largest absolute Gasteiger partial charge is 0.375 e. The van der Waals surface area contributed by atoms with E-state index in [0.29, 0.717) is 12.0 Å². The molecule has 0 radical (unpaired) electrons. The number of halogens is 1. The molecule has 0 saturated carbocycles. The Morgan fingerprint density at radius 3 is 2.44 bits per heavy atom. The third kappa shape index (κ3) is 3.91. The predicted octanol–water partition coefficient (Wildman–Crippen LogP) is 3.44. The topological polar surface area (TPSA) is 27.1 Å². The second-order valence-electron chi connectivity index (χ2n) is 5.33. The summed E-state index contributed by atoms with van der Waals surface area (Å²) in [6, 6.07) is 0. The Balaban J connectivity index is 2.43. The molecule has 0 amide bonds. The molecular weight excluding hydrogens is 268 g/mol. The van der Waals surface area contributed by atoms with Gasteiger partial charge in [0.25, 0.3) is 0 Å². The van der Waals surface area contributed by atoms with Gasteiger partial charge in [-0.1, -0.05) is 20.8 Å². The highest BCUT2D eigenvalue weighted by molar-refractivity contribution is 9.10. The van der Waals surface area contributed by atoms with E-state index in [4.69, 9.17) is 4.74 Å². The number of aromatic nitrogens is 2. The SMILES string of the molecule is Cc1nn(C)c(COCCC(C)(C)C)c1Br. The van der Waals surface area contributed by atoms with Crippen LogP contribution in [0.2, 0.25) is 0 Å². The van der Waals surface area contributed by atoms with E-state index in [1.165, 1.54) is 0 Å². The maximum Gasteiger partial charge on any atom is 0.0896 e. The van der Waals surface area contributed by atoms with Crippen molar-refractivity contribution in [2.45, 2.75) is 40.7 Å². The van der Waals surface area contributed by atoms with Gasteiger partial charge in [0, 0.05) is 13.7 Å². The fourth-order valence-electron chi connectivity index (χ4n) is 1.38. The number of hydrogen-bond donors (Lipinski definition) is 0. The molecule has 0 unspecified atom stereocenters. The van der Waals surface area contributed by atoms with E-state index in [2.05, 4.69) is 41.8 Å². The zero-order valence-corrected chi connectivity index (χ0v) is 12.4. The number of aryl methyl sites for hydroxylation is 2. The predicted molar refractivity (Wildman–Crippen MR) is 69.4 cm³/mol. The van der Waals surface area contributed by atoms with E-state index >= 15 is 0 Å². The van der Waals surface area contributed by atoms with Gasteiger partial charge in [0.1, 0.15) is 0 Å². The fourth-order valence-corrected chi connectivity index (χ4v) is 1.83. The second-order valence-corrected chi connectivity index (χ2v) is 6.13. The van der Waals surface area contributed by atoms with Crippen LogP contribution in [-0.2, 0) is 18.4 Å². The van der Waals surface area contributed by atoms with Gasteiger partial charge in [-0.15, -0.1) is 0 Å². The van der Waals surface area contributed by atoms with E-state index in [0.717, 1.165) is 28.9 Å². The van der Waals surface area contributed by atoms with Crippen molar-refractivity contribution < 1.29 is 4.74 Å². The summed E-state index contributed by atoms with van der Waals surface area (Å²) in [7, 11) is 1.94. The lowest BCUT2D eigenvalue weighted by Crippen LogP contribution is -2.10. The molecule has 0 aliphatic carbocycles. The average Bonchev–Trinajstić information content (AvgIpc) is 2.36. The van der Waals surface area contributed by atoms with Crippen molar-refractivity contribution in [1.29, 1.82) is 0 Å². The van der Waals surface area contributed by atoms with Crippen LogP contribution in [0.4, 0.5) is 0 Å². The highest BCUT2D eigenvalue weighted by atomic mass is 79.9. The second kappa shape index (κ2) is 5.32. The van der Waals surface area contributed by atoms with Crippen molar-refractivity contribution in [2.75, 3.05) is 6.61 Å². The van der Waals surface area contributed by atoms with Crippen molar-refractivity contribution in [2.24, 2.45) is 12.5 Å². The molecule has 0 saturated heterocycles. The molecule has 0 aliphatic heterocycles. The van der Waals surface area contributed by atoms with E-state index in [1.54, 1.807) is 0 Å². The minimum atomic E-state index is 0.333. The van der Waals surface area contributed by atoms with Crippen LogP contribution >= 0.6 is 15.9 Å². The highest BCUT2D eigenvalue weighted by Gasteiger charge is 2.12. The number of hydrogen-bond acceptors (Lipinski definition) is 2. The summed E-state index contributed by atoms with van der Waals surface area (Å²) in [4.78, 5) is 0. The van der Waals surface area contributed by atoms with Crippen LogP contribution in [0, 0.1) is 12.3 Å². The monoisotopic (exact) mass is 288 g/mol. The summed E-state index contributed by atoms with van der Waals surface area (Å²) in [6.07, 6.45) is 1.07. The van der Waals surface area contributed by atoms with Crippen molar-refractivity contribution in [3.63, 3.8) is 0 Å². The van der Waals surface area contributed by atoms with Crippen LogP contribution in [0.1, 0.15) is 38.6 Å². The summed E-state index contributed by atoms with van der Waals surface area (Å²) in [5.74, 6) is 0. The molecule has 0 aromatic carbocycles. The lowest BCUT2D eigenvalue weighted by atomic mass is 9.93. The maximum absolute atomic E-state index is 5.68. The first-order valence-corrected chi connectivity index (χ1v) is 6.36. The molecule has 0 spiro atoms. The lowest BCUT2D eigenvalue weighted by Gasteiger charge is -2.17. The molecule has 0 aliphatic rings. The summed E-state index contributed by atoms with van der Waals surface area (Å²) in [5.41, 5.74) is 2.45. The minimum Gasteiger partial charge on any atom is -0.375 e. The number of nitrogens with zero attached hydrogens (tertiary/aromatic N) is 2. The van der Waals surface area contributed by atoms with E-state index in [9.17, 15) is 0 Å². The molecule has 1 aromatic heterocycles. The van der Waals surface area contributed by atoms with Gasteiger partial charge >= 0.3 is 0 Å². The van der Waals surface area contributed by atoms with Crippen molar-refractivity contribution in [3.8, 4) is 0 Å². The minimum absolute atomic E-state index is 0.333. The zero-order chi connectivity index (χ0) is 12.3. The van der Waals surface area contributed by atoms with E-state index < -0.39 is 0 Å². The molecule has 1 heterocycles. The lowest BCUT2D eigenvalue weighted by molar-refractivity contribution is 0.0917. The van der Waals surface area contributed by atoms with Gasteiger partial charge in [-0.05, 0) is 34.7 Å². The van der Waals surface area contributed by atoms with Crippen LogP contribution < -0.4 is 0 Å². The number of rotatable bonds is 4. The first-order chi connectivity index (χ1) is 7.31. The average molecular weight is 289 g/mol. The number of ether oxygens (including phenoxy) is 1. The highest BCUT2D eigenvalue weighted by Crippen LogP contribution is 2.22. The Labute approximate surface area is 106 Å². The molecule has 0 N–H and O–H groups in total. The maximum atomic E-state index is 5.68. The molecule has 92 valence electrons. The molecule has 0 fully saturated rings. The molecule has 4 heteroatoms. The Bertz CT molecular complexity index is 353. The molecule has 16 heavy (non-hydrogen) atoms. The fraction of sp³-hybridized carbons (Fsp3) is 0.750. The smallest absolute Gasteiger partial charge is 0.0896 e. The normalized spacial score (nSPS) is 12.1. The molecular formula is C12H21BrN2O. The summed E-state index contributed by atoms with van der Waals surface area (Å²) >= 11 is 3.53. The quantitative estimate of drug-likeness (QED) is 0.794. The van der Waals surface area contributed by atoms with Gasteiger partial charge in [0.15, 0.2) is 0 Å². The van der Waals surface area contributed by atoms with Gasteiger partial charge in [0.05, 0.1) is 22.5 Å². The molecule has 3 nitrogen and oxygen atoms in total. The van der Waals surface area contributed by atoms with Crippen LogP contribution in [0.3, 0.4) is 0 Å². The van der Waals surface area contributed by atoms with Crippen molar-refractivity contribution >= 4 is 15.9 Å². The Hall–Kier alpha value is -0.350. The Morgan fingerprint density at radius 1 is 1.38 bits per heavy atom. The summed E-state index contributed by atoms with van der Waals surface area (Å²) < 4.78 is 8.61. The standard InChI is InChI=1S/C12H21BrN2O/c1-9-11(13)10(15(5)14-9)8-16-7-6-12(2,3)4/h6-8H2,1-5H3. The molecule has 0 atom stereocenters. The molecule has 1 aromatic rings. The van der Waals surface area contributed by atoms with Crippen LogP contribution in [0.5, 0.6) is 0 Å². The third-order valence-electron chi connectivity index (χ3n) is 2.50. The van der Waals surface area contributed by atoms with Crippen molar-refractivity contribution in [1.82, 2.24) is 9.78 Å². The van der Waals surface area contributed by atoms with Gasteiger partial charge in [-0.25, -0.2) is 0 Å². The third-order valence-corrected chi connectivity index (χ3v) is 3.53. The van der Waals surface area contributed by atoms with E-state index in [1.807, 2.05) is 18.7 Å². The van der Waals surface area contributed by atoms with Crippen LogP contribution in [0.15, 0.2) is 4.47 Å². The first-order valence-electron chi connectivity index (χ1n) is 5.57. The Morgan fingerprint density at radius 2 is 2.00 bits per heavy atom. The van der Waals surface area contributed by atoms with Crippen LogP contribution in [0.25, 0.3) is 0 Å². The zero-order valence-electron chi connectivity index (χ0n) is 10.8. The Kier molecular flexibility index (Phi) is 4.56. The molecule has 1 rings (SSSR count). The van der Waals surface area contributed by atoms with Gasteiger partial charge in [-0.3, -0.25) is 4.68 Å². The van der Waals surface area contributed by atoms with Gasteiger partial charge < -0.3 is 4.74 Å². The summed E-state index contributed by atoms with van der Waals surface area (Å²) in [5, 5.41) is 4.33. The van der Waals surface area contributed by atoms with Crippen molar-refractivity contribution in [3.05, 3.63) is 15.9 Å². The van der Waals surface area contributed by atoms with Crippen LogP contribution in [-0.4, -0.2) is 16.4 Å². The first kappa shape index (κ1) is 13.7. The van der Waals surface area contributed by atoms with E-state index in [-0.39, 0.29) is 0 Å². The summed E-state index contributed by atoms with van der Waals surface area (Å²) in [6.45, 7) is 10.1.